The van der Waals surface area contributed by atoms with E-state index in [1.165, 1.54) is 0 Å². The zero-order valence-electron chi connectivity index (χ0n) is 10.7. The lowest BCUT2D eigenvalue weighted by Gasteiger charge is -2.24. The molecule has 0 spiro atoms. The number of rotatable bonds is 3. The average molecular weight is 242 g/mol. The Morgan fingerprint density at radius 3 is 2.22 bits per heavy atom. The van der Waals surface area contributed by atoms with Gasteiger partial charge in [-0.15, -0.1) is 0 Å². The number of hydrogen-bond acceptors (Lipinski definition) is 2. The summed E-state index contributed by atoms with van der Waals surface area (Å²) in [6, 6.07) is 15.4. The molecule has 0 aliphatic heterocycles. The van der Waals surface area contributed by atoms with Gasteiger partial charge in [-0.25, -0.2) is 0 Å². The molecule has 2 nitrogen and oxygen atoms in total. The van der Waals surface area contributed by atoms with Crippen LogP contribution in [-0.2, 0) is 5.41 Å². The predicted octanol–water partition coefficient (Wildman–Crippen LogP) is 3.33. The van der Waals surface area contributed by atoms with Gasteiger partial charge in [0.25, 0.3) is 0 Å². The van der Waals surface area contributed by atoms with Gasteiger partial charge in [0.15, 0.2) is 0 Å². The Labute approximate surface area is 108 Å². The molecule has 0 amide bonds. The first-order valence-corrected chi connectivity index (χ1v) is 6.05. The van der Waals surface area contributed by atoms with Gasteiger partial charge in [0, 0.05) is 16.5 Å². The van der Waals surface area contributed by atoms with Crippen LogP contribution in [0.2, 0.25) is 0 Å². The highest BCUT2D eigenvalue weighted by atomic mass is 16.3. The summed E-state index contributed by atoms with van der Waals surface area (Å²) in [6.07, 6.45) is 0. The predicted molar refractivity (Wildman–Crippen MR) is 73.7 cm³/mol. The number of aliphatic hydroxyl groups excluding tert-OH is 1. The maximum Gasteiger partial charge on any atom is 0.127 e. The molecule has 0 atom stereocenters. The van der Waals surface area contributed by atoms with E-state index in [2.05, 4.69) is 0 Å². The zero-order valence-corrected chi connectivity index (χ0v) is 10.7. The topological polar surface area (TPSA) is 40.5 Å². The van der Waals surface area contributed by atoms with Crippen LogP contribution in [-0.4, -0.2) is 16.8 Å². The summed E-state index contributed by atoms with van der Waals surface area (Å²) in [6.45, 7) is 3.83. The molecule has 2 aromatic rings. The third-order valence-corrected chi connectivity index (χ3v) is 3.25. The van der Waals surface area contributed by atoms with Gasteiger partial charge in [0.2, 0.25) is 0 Å². The van der Waals surface area contributed by atoms with Crippen LogP contribution in [0, 0.1) is 0 Å². The average Bonchev–Trinajstić information content (AvgIpc) is 2.40. The fourth-order valence-corrected chi connectivity index (χ4v) is 2.03. The highest BCUT2D eigenvalue weighted by Gasteiger charge is 2.24. The summed E-state index contributed by atoms with van der Waals surface area (Å²) in [4.78, 5) is 0. The van der Waals surface area contributed by atoms with E-state index in [4.69, 9.17) is 0 Å². The molecule has 0 radical (unpaired) electrons. The minimum atomic E-state index is -0.450. The van der Waals surface area contributed by atoms with Crippen molar-refractivity contribution in [2.45, 2.75) is 19.3 Å². The van der Waals surface area contributed by atoms with Crippen molar-refractivity contribution < 1.29 is 10.2 Å². The molecule has 2 aromatic carbocycles. The van der Waals surface area contributed by atoms with E-state index >= 15 is 0 Å². The first kappa shape index (κ1) is 12.7. The standard InChI is InChI=1S/C16H18O2/c1-16(2,11-17)14-10-6-9-13(15(14)18)12-7-4-3-5-8-12/h3-10,17-18H,11H2,1-2H3. The first-order chi connectivity index (χ1) is 8.56. The fraction of sp³-hybridized carbons (Fsp3) is 0.250. The number of phenolic OH excluding ortho intramolecular Hbond substituents is 1. The van der Waals surface area contributed by atoms with Gasteiger partial charge < -0.3 is 10.2 Å². The van der Waals surface area contributed by atoms with E-state index in [0.717, 1.165) is 16.7 Å². The summed E-state index contributed by atoms with van der Waals surface area (Å²) < 4.78 is 0. The molecule has 0 aliphatic rings. The first-order valence-electron chi connectivity index (χ1n) is 6.05. The number of benzene rings is 2. The maximum atomic E-state index is 10.4. The largest absolute Gasteiger partial charge is 0.507 e. The fourth-order valence-electron chi connectivity index (χ4n) is 2.03. The molecular weight excluding hydrogens is 224 g/mol. The molecule has 2 N–H and O–H groups in total. The molecule has 0 aromatic heterocycles. The molecule has 18 heavy (non-hydrogen) atoms. The number of phenols is 1. The van der Waals surface area contributed by atoms with Crippen molar-refractivity contribution in [2.24, 2.45) is 0 Å². The van der Waals surface area contributed by atoms with Crippen LogP contribution in [0.5, 0.6) is 5.75 Å². The van der Waals surface area contributed by atoms with Crippen LogP contribution in [0.4, 0.5) is 0 Å². The van der Waals surface area contributed by atoms with Crippen molar-refractivity contribution in [3.8, 4) is 16.9 Å². The van der Waals surface area contributed by atoms with Gasteiger partial charge in [-0.3, -0.25) is 0 Å². The van der Waals surface area contributed by atoms with Crippen LogP contribution in [0.15, 0.2) is 48.5 Å². The van der Waals surface area contributed by atoms with Crippen LogP contribution in [0.25, 0.3) is 11.1 Å². The molecule has 0 unspecified atom stereocenters. The number of hydrogen-bond donors (Lipinski definition) is 2. The minimum absolute atomic E-state index is 0.00119. The van der Waals surface area contributed by atoms with Gasteiger partial charge in [0.1, 0.15) is 5.75 Å². The van der Waals surface area contributed by atoms with Crippen molar-refractivity contribution in [1.82, 2.24) is 0 Å². The Morgan fingerprint density at radius 2 is 1.61 bits per heavy atom. The normalized spacial score (nSPS) is 11.5. The lowest BCUT2D eigenvalue weighted by Crippen LogP contribution is -2.22. The zero-order chi connectivity index (χ0) is 13.2. The minimum Gasteiger partial charge on any atom is -0.507 e. The van der Waals surface area contributed by atoms with Crippen LogP contribution in [0.3, 0.4) is 0 Å². The Kier molecular flexibility index (Phi) is 3.39. The highest BCUT2D eigenvalue weighted by molar-refractivity contribution is 5.72. The summed E-state index contributed by atoms with van der Waals surface area (Å²) in [7, 11) is 0. The summed E-state index contributed by atoms with van der Waals surface area (Å²) >= 11 is 0. The second kappa shape index (κ2) is 4.83. The van der Waals surface area contributed by atoms with Gasteiger partial charge >= 0.3 is 0 Å². The summed E-state index contributed by atoms with van der Waals surface area (Å²) in [5.41, 5.74) is 2.10. The van der Waals surface area contributed by atoms with Gasteiger partial charge in [-0.1, -0.05) is 62.4 Å². The molecule has 0 saturated heterocycles. The van der Waals surface area contributed by atoms with Gasteiger partial charge in [0.05, 0.1) is 6.61 Å². The second-order valence-corrected chi connectivity index (χ2v) is 5.11. The highest BCUT2D eigenvalue weighted by Crippen LogP contribution is 2.38. The Hall–Kier alpha value is -1.80. The van der Waals surface area contributed by atoms with Crippen LogP contribution >= 0.6 is 0 Å². The summed E-state index contributed by atoms with van der Waals surface area (Å²) in [5, 5.41) is 19.8. The van der Waals surface area contributed by atoms with E-state index in [1.54, 1.807) is 0 Å². The summed E-state index contributed by atoms with van der Waals surface area (Å²) in [5.74, 6) is 0.253. The molecule has 0 aliphatic carbocycles. The quantitative estimate of drug-likeness (QED) is 0.866. The van der Waals surface area contributed by atoms with E-state index in [1.807, 2.05) is 62.4 Å². The van der Waals surface area contributed by atoms with E-state index < -0.39 is 5.41 Å². The van der Waals surface area contributed by atoms with E-state index in [0.29, 0.717) is 0 Å². The Morgan fingerprint density at radius 1 is 0.944 bits per heavy atom. The number of para-hydroxylation sites is 1. The molecule has 0 heterocycles. The van der Waals surface area contributed by atoms with Crippen molar-refractivity contribution in [3.05, 3.63) is 54.1 Å². The number of aromatic hydroxyl groups is 1. The van der Waals surface area contributed by atoms with Crippen LogP contribution < -0.4 is 0 Å². The van der Waals surface area contributed by atoms with Gasteiger partial charge in [-0.05, 0) is 5.56 Å². The van der Waals surface area contributed by atoms with Crippen molar-refractivity contribution in [3.63, 3.8) is 0 Å². The smallest absolute Gasteiger partial charge is 0.127 e. The third kappa shape index (κ3) is 2.24. The molecule has 94 valence electrons. The Bertz CT molecular complexity index is 530. The lowest BCUT2D eigenvalue weighted by molar-refractivity contribution is 0.215. The second-order valence-electron chi connectivity index (χ2n) is 5.11. The van der Waals surface area contributed by atoms with Crippen molar-refractivity contribution >= 4 is 0 Å². The molecule has 2 heteroatoms. The SMILES string of the molecule is CC(C)(CO)c1cccc(-c2ccccc2)c1O. The van der Waals surface area contributed by atoms with Gasteiger partial charge in [-0.2, -0.15) is 0 Å². The maximum absolute atomic E-state index is 10.4. The van der Waals surface area contributed by atoms with Crippen LogP contribution in [0.1, 0.15) is 19.4 Å². The van der Waals surface area contributed by atoms with E-state index in [-0.39, 0.29) is 12.4 Å². The lowest BCUT2D eigenvalue weighted by atomic mass is 9.83. The Balaban J connectivity index is 2.56. The number of aliphatic hydroxyl groups is 1. The van der Waals surface area contributed by atoms with Crippen molar-refractivity contribution in [1.29, 1.82) is 0 Å². The molecule has 0 saturated carbocycles. The molecular formula is C16H18O2. The van der Waals surface area contributed by atoms with Crippen molar-refractivity contribution in [2.75, 3.05) is 6.61 Å². The molecule has 0 fully saturated rings. The third-order valence-electron chi connectivity index (χ3n) is 3.25. The molecule has 0 bridgehead atoms. The van der Waals surface area contributed by atoms with E-state index in [9.17, 15) is 10.2 Å². The monoisotopic (exact) mass is 242 g/mol. The molecule has 2 rings (SSSR count).